The first kappa shape index (κ1) is 23.5. The number of hydrogen-bond acceptors (Lipinski definition) is 4. The van der Waals surface area contributed by atoms with Crippen LogP contribution in [0.25, 0.3) is 0 Å². The molecule has 0 aliphatic heterocycles. The van der Waals surface area contributed by atoms with Crippen molar-refractivity contribution >= 4 is 12.5 Å². The molecular weight excluding hydrogens is 380 g/mol. The number of hydrogen-bond donors (Lipinski definition) is 3. The number of rotatable bonds is 10. The van der Waals surface area contributed by atoms with Crippen LogP contribution >= 0.6 is 0 Å². The maximum Gasteiger partial charge on any atom is 0.414 e. The summed E-state index contributed by atoms with van der Waals surface area (Å²) in [5, 5.41) is 15.8. The first-order chi connectivity index (χ1) is 14.4. The molecule has 2 unspecified atom stereocenters. The molecular formula is C24H34N2O4. The van der Waals surface area contributed by atoms with Gasteiger partial charge in [0, 0.05) is 11.5 Å². The monoisotopic (exact) mass is 414 g/mol. The van der Waals surface area contributed by atoms with Crippen LogP contribution in [-0.2, 0) is 11.2 Å². The van der Waals surface area contributed by atoms with E-state index in [2.05, 4.69) is 37.1 Å². The van der Waals surface area contributed by atoms with E-state index in [0.29, 0.717) is 17.7 Å². The predicted molar refractivity (Wildman–Crippen MR) is 119 cm³/mol. The molecule has 1 aromatic carbocycles. The standard InChI is InChI=1S/C24H34N2O4/c1-5-6-7-8-18-12-21(28)23(20-11-17(4)9-10-19(20)16(2)3)22(13-18)30-24(29)26-14-25-15-27/h11-13,15,19-20,28H,2,5-10,14H2,1,3-4H3,(H,25,27)(H,26,29). The molecule has 30 heavy (non-hydrogen) atoms. The maximum absolute atomic E-state index is 12.3. The third-order valence-corrected chi connectivity index (χ3v) is 5.58. The largest absolute Gasteiger partial charge is 0.507 e. The summed E-state index contributed by atoms with van der Waals surface area (Å²) in [7, 11) is 0. The third-order valence-electron chi connectivity index (χ3n) is 5.58. The van der Waals surface area contributed by atoms with Crippen LogP contribution in [0, 0.1) is 5.92 Å². The highest BCUT2D eigenvalue weighted by Gasteiger charge is 2.31. The molecule has 6 nitrogen and oxygen atoms in total. The van der Waals surface area contributed by atoms with Crippen molar-refractivity contribution in [2.75, 3.05) is 6.67 Å². The van der Waals surface area contributed by atoms with Gasteiger partial charge in [0.25, 0.3) is 0 Å². The Morgan fingerprint density at radius 1 is 1.37 bits per heavy atom. The van der Waals surface area contributed by atoms with Crippen molar-refractivity contribution in [2.24, 2.45) is 5.92 Å². The van der Waals surface area contributed by atoms with Crippen molar-refractivity contribution in [3.63, 3.8) is 0 Å². The number of carbonyl (C=O) groups is 2. The summed E-state index contributed by atoms with van der Waals surface area (Å²) < 4.78 is 5.61. The Hall–Kier alpha value is -2.76. The summed E-state index contributed by atoms with van der Waals surface area (Å²) >= 11 is 0. The van der Waals surface area contributed by atoms with Crippen LogP contribution in [0.3, 0.4) is 0 Å². The van der Waals surface area contributed by atoms with Gasteiger partial charge in [-0.1, -0.05) is 43.6 Å². The molecule has 1 aliphatic rings. The first-order valence-corrected chi connectivity index (χ1v) is 10.7. The number of aromatic hydroxyl groups is 1. The molecule has 0 saturated heterocycles. The van der Waals surface area contributed by atoms with Gasteiger partial charge in [-0.3, -0.25) is 4.79 Å². The van der Waals surface area contributed by atoms with Crippen LogP contribution in [0.1, 0.15) is 69.9 Å². The Morgan fingerprint density at radius 2 is 2.13 bits per heavy atom. The van der Waals surface area contributed by atoms with Gasteiger partial charge in [0.1, 0.15) is 11.5 Å². The number of phenols is 1. The van der Waals surface area contributed by atoms with Crippen LogP contribution in [0.5, 0.6) is 11.5 Å². The molecule has 2 rings (SSSR count). The summed E-state index contributed by atoms with van der Waals surface area (Å²) in [5.41, 5.74) is 3.83. The number of ether oxygens (including phenoxy) is 1. The van der Waals surface area contributed by atoms with Crippen LogP contribution in [0.15, 0.2) is 35.9 Å². The fraction of sp³-hybridized carbons (Fsp3) is 0.500. The number of benzene rings is 1. The van der Waals surface area contributed by atoms with Gasteiger partial charge >= 0.3 is 6.09 Å². The zero-order chi connectivity index (χ0) is 22.1. The van der Waals surface area contributed by atoms with Gasteiger partial charge in [0.15, 0.2) is 0 Å². The Labute approximate surface area is 179 Å². The van der Waals surface area contributed by atoms with E-state index < -0.39 is 6.09 Å². The average Bonchev–Trinajstić information content (AvgIpc) is 2.68. The number of nitrogens with one attached hydrogen (secondary N) is 2. The highest BCUT2D eigenvalue weighted by atomic mass is 16.6. The van der Waals surface area contributed by atoms with Crippen LogP contribution in [-0.4, -0.2) is 24.3 Å². The van der Waals surface area contributed by atoms with Gasteiger partial charge < -0.3 is 20.5 Å². The lowest BCUT2D eigenvalue weighted by Gasteiger charge is -2.32. The number of allylic oxidation sites excluding steroid dienone is 3. The van der Waals surface area contributed by atoms with Crippen molar-refractivity contribution in [2.45, 2.75) is 65.2 Å². The van der Waals surface area contributed by atoms with Crippen LogP contribution in [0.2, 0.25) is 0 Å². The molecule has 0 radical (unpaired) electrons. The predicted octanol–water partition coefficient (Wildman–Crippen LogP) is 4.93. The second-order valence-corrected chi connectivity index (χ2v) is 8.08. The lowest BCUT2D eigenvalue weighted by molar-refractivity contribution is -0.109. The molecule has 0 heterocycles. The van der Waals surface area contributed by atoms with Crippen LogP contribution < -0.4 is 15.4 Å². The van der Waals surface area contributed by atoms with Crippen molar-refractivity contribution in [1.29, 1.82) is 0 Å². The third kappa shape index (κ3) is 6.37. The van der Waals surface area contributed by atoms with E-state index in [-0.39, 0.29) is 24.3 Å². The molecule has 0 aromatic heterocycles. The Balaban J connectivity index is 2.42. The minimum Gasteiger partial charge on any atom is -0.507 e. The van der Waals surface area contributed by atoms with Gasteiger partial charge in [-0.15, -0.1) is 0 Å². The molecule has 2 amide bonds. The quantitative estimate of drug-likeness (QED) is 0.219. The zero-order valence-electron chi connectivity index (χ0n) is 18.3. The molecule has 6 heteroatoms. The first-order valence-electron chi connectivity index (χ1n) is 10.7. The summed E-state index contributed by atoms with van der Waals surface area (Å²) in [6.45, 7) is 10.3. The topological polar surface area (TPSA) is 87.7 Å². The lowest BCUT2D eigenvalue weighted by Crippen LogP contribution is -2.35. The van der Waals surface area contributed by atoms with E-state index in [1.165, 1.54) is 5.57 Å². The minimum absolute atomic E-state index is 0.0311. The Kier molecular flexibility index (Phi) is 8.96. The van der Waals surface area contributed by atoms with Crippen molar-refractivity contribution in [3.05, 3.63) is 47.1 Å². The number of carbonyl (C=O) groups excluding carboxylic acids is 2. The molecule has 0 saturated carbocycles. The van der Waals surface area contributed by atoms with Gasteiger partial charge in [-0.25, -0.2) is 4.79 Å². The van der Waals surface area contributed by atoms with E-state index >= 15 is 0 Å². The van der Waals surface area contributed by atoms with E-state index in [1.54, 1.807) is 6.07 Å². The fourth-order valence-corrected chi connectivity index (χ4v) is 4.02. The Bertz CT molecular complexity index is 801. The highest BCUT2D eigenvalue weighted by Crippen LogP contribution is 2.47. The fourth-order valence-electron chi connectivity index (χ4n) is 4.02. The average molecular weight is 415 g/mol. The summed E-state index contributed by atoms with van der Waals surface area (Å²) in [6.07, 6.45) is 7.89. The molecule has 1 aliphatic carbocycles. The van der Waals surface area contributed by atoms with E-state index in [0.717, 1.165) is 49.7 Å². The van der Waals surface area contributed by atoms with Crippen molar-refractivity contribution in [1.82, 2.24) is 10.6 Å². The number of phenolic OH excluding ortho intramolecular Hbond substituents is 1. The SMILES string of the molecule is C=C(C)C1CCC(C)=CC1c1c(O)cc(CCCCC)cc1OC(=O)NCNC=O. The Morgan fingerprint density at radius 3 is 2.80 bits per heavy atom. The summed E-state index contributed by atoms with van der Waals surface area (Å²) in [4.78, 5) is 22.7. The van der Waals surface area contributed by atoms with E-state index in [4.69, 9.17) is 4.74 Å². The molecule has 1 aromatic rings. The second-order valence-electron chi connectivity index (χ2n) is 8.08. The molecule has 164 valence electrons. The lowest BCUT2D eigenvalue weighted by atomic mass is 9.73. The maximum atomic E-state index is 12.3. The van der Waals surface area contributed by atoms with Gasteiger partial charge in [0.2, 0.25) is 6.41 Å². The van der Waals surface area contributed by atoms with Gasteiger partial charge in [-0.05, 0) is 63.1 Å². The smallest absolute Gasteiger partial charge is 0.414 e. The molecule has 2 atom stereocenters. The number of unbranched alkanes of at least 4 members (excludes halogenated alkanes) is 2. The van der Waals surface area contributed by atoms with Crippen LogP contribution in [0.4, 0.5) is 4.79 Å². The van der Waals surface area contributed by atoms with E-state index in [9.17, 15) is 14.7 Å². The normalized spacial score (nSPS) is 18.3. The van der Waals surface area contributed by atoms with E-state index in [1.807, 2.05) is 13.0 Å². The molecule has 3 N–H and O–H groups in total. The molecule has 0 bridgehead atoms. The summed E-state index contributed by atoms with van der Waals surface area (Å²) in [6, 6.07) is 3.64. The molecule has 0 spiro atoms. The van der Waals surface area contributed by atoms with Gasteiger partial charge in [0.05, 0.1) is 6.67 Å². The molecule has 0 fully saturated rings. The number of amides is 2. The minimum atomic E-state index is -0.681. The van der Waals surface area contributed by atoms with Crippen molar-refractivity contribution in [3.8, 4) is 11.5 Å². The highest BCUT2D eigenvalue weighted by molar-refractivity contribution is 5.72. The summed E-state index contributed by atoms with van der Waals surface area (Å²) in [5.74, 6) is 0.539. The van der Waals surface area contributed by atoms with Crippen molar-refractivity contribution < 1.29 is 19.4 Å². The second kappa shape index (κ2) is 11.4. The van der Waals surface area contributed by atoms with Gasteiger partial charge in [-0.2, -0.15) is 0 Å². The number of aryl methyl sites for hydroxylation is 1. The zero-order valence-corrected chi connectivity index (χ0v) is 18.3.